The lowest BCUT2D eigenvalue weighted by Crippen LogP contribution is -2.59. The molecular weight excluding hydrogens is 1800 g/mol. The zero-order chi connectivity index (χ0) is 98.5. The number of amides is 9. The number of aromatic nitrogens is 3. The number of primary amides is 1. The molecule has 4 aliphatic heterocycles. The summed E-state index contributed by atoms with van der Waals surface area (Å²) in [5.74, 6) is -6.73. The van der Waals surface area contributed by atoms with E-state index in [0.717, 1.165) is 33.8 Å². The highest BCUT2D eigenvalue weighted by molar-refractivity contribution is 6.31. The number of aliphatic hydroxyl groups is 1. The predicted octanol–water partition coefficient (Wildman–Crippen LogP) is 3.74. The van der Waals surface area contributed by atoms with Gasteiger partial charge < -0.3 is 134 Å². The van der Waals surface area contributed by atoms with Crippen molar-refractivity contribution in [2.45, 2.75) is 153 Å². The second kappa shape index (κ2) is 51.2. The number of likely N-dealkylation sites (N-methyl/N-ethyl adjacent to an activating group) is 3. The molecule has 5 aromatic carbocycles. The Morgan fingerprint density at radius 3 is 1.98 bits per heavy atom. The molecule has 6 aliphatic rings. The smallest absolute Gasteiger partial charge is 0.409 e. The van der Waals surface area contributed by atoms with Gasteiger partial charge >= 0.3 is 18.2 Å². The maximum absolute atomic E-state index is 14.4. The van der Waals surface area contributed by atoms with E-state index in [0.29, 0.717) is 82.0 Å². The maximum atomic E-state index is 14.4. The van der Waals surface area contributed by atoms with Crippen LogP contribution < -0.4 is 52.6 Å². The van der Waals surface area contributed by atoms with Crippen LogP contribution in [0.2, 0.25) is 0 Å². The summed E-state index contributed by atoms with van der Waals surface area (Å²) in [6, 6.07) is 22.5. The van der Waals surface area contributed by atoms with Crippen molar-refractivity contribution in [3.05, 3.63) is 136 Å². The fraction of sp³-hybridized carbons (Fsp3) is 0.547. The van der Waals surface area contributed by atoms with Gasteiger partial charge in [-0.25, -0.2) is 19.1 Å². The molecule has 2 aliphatic carbocycles. The molecule has 10 atom stereocenters. The fourth-order valence-electron chi connectivity index (χ4n) is 17.2. The molecule has 750 valence electrons. The number of morpholine rings is 1. The number of ether oxygens (including phenoxy) is 14. The molecule has 43 heteroatoms. The summed E-state index contributed by atoms with van der Waals surface area (Å²) in [6.07, 6.45) is -6.35. The summed E-state index contributed by atoms with van der Waals surface area (Å²) in [5.41, 5.74) is 6.62. The van der Waals surface area contributed by atoms with Crippen LogP contribution in [0.25, 0.3) is 22.5 Å². The quantitative estimate of drug-likeness (QED) is 0.0191. The number of nitrogens with one attached hydrogen (secondary N) is 7. The molecule has 5 heterocycles. The van der Waals surface area contributed by atoms with Crippen molar-refractivity contribution in [1.29, 1.82) is 0 Å². The monoisotopic (exact) mass is 1930 g/mol. The highest BCUT2D eigenvalue weighted by Crippen LogP contribution is 2.53. The molecule has 3 saturated heterocycles. The van der Waals surface area contributed by atoms with Crippen LogP contribution in [0.5, 0.6) is 17.2 Å². The molecule has 0 radical (unpaired) electrons. The van der Waals surface area contributed by atoms with Crippen LogP contribution in [0.4, 0.5) is 25.8 Å². The number of phenols is 2. The minimum absolute atomic E-state index is 0.00861. The third-order valence-electron chi connectivity index (χ3n) is 24.5. The first-order valence-corrected chi connectivity index (χ1v) is 46.4. The van der Waals surface area contributed by atoms with Gasteiger partial charge in [0.1, 0.15) is 53.5 Å². The molecule has 43 nitrogen and oxygen atoms in total. The number of aromatic hydroxyl groups is 2. The minimum atomic E-state index is -2.47. The van der Waals surface area contributed by atoms with Gasteiger partial charge in [0.05, 0.1) is 160 Å². The van der Waals surface area contributed by atoms with Gasteiger partial charge in [0, 0.05) is 145 Å². The van der Waals surface area contributed by atoms with E-state index < -0.39 is 144 Å². The van der Waals surface area contributed by atoms with E-state index in [-0.39, 0.29) is 189 Å². The molecule has 138 heavy (non-hydrogen) atoms. The van der Waals surface area contributed by atoms with E-state index in [2.05, 4.69) is 52.4 Å². The third-order valence-corrected chi connectivity index (χ3v) is 24.5. The second-order valence-corrected chi connectivity index (χ2v) is 34.4. The molecule has 12 N–H and O–H groups in total. The lowest BCUT2D eigenvalue weighted by molar-refractivity contribution is -0.244. The molecule has 12 rings (SSSR count). The number of nitrogens with zero attached hydrogens (tertiary/aromatic N) is 7. The first-order valence-electron chi connectivity index (χ1n) is 46.4. The summed E-state index contributed by atoms with van der Waals surface area (Å²) in [7, 11) is 7.48. The topological polar surface area (TPSA) is 532 Å². The van der Waals surface area contributed by atoms with Crippen LogP contribution in [0.3, 0.4) is 0 Å². The molecule has 0 spiro atoms. The van der Waals surface area contributed by atoms with Gasteiger partial charge in [-0.15, -0.1) is 5.10 Å². The number of anilines is 2. The number of piperidine rings is 1. The number of hydrogen-bond donors (Lipinski definition) is 11. The number of hydrogen-bond acceptors (Lipinski definition) is 33. The van der Waals surface area contributed by atoms with E-state index >= 15 is 0 Å². The third kappa shape index (κ3) is 27.2. The van der Waals surface area contributed by atoms with Crippen LogP contribution in [0.1, 0.15) is 126 Å². The molecule has 9 amide bonds. The van der Waals surface area contributed by atoms with Crippen molar-refractivity contribution in [3.63, 3.8) is 0 Å². The van der Waals surface area contributed by atoms with Crippen LogP contribution >= 0.6 is 0 Å². The zero-order valence-electron chi connectivity index (χ0n) is 79.0. The van der Waals surface area contributed by atoms with Gasteiger partial charge in [-0.05, 0) is 68.1 Å². The first-order chi connectivity index (χ1) is 66.6. The Bertz CT molecular complexity index is 5200. The van der Waals surface area contributed by atoms with E-state index in [1.54, 1.807) is 43.0 Å². The molecule has 6 aromatic rings. The summed E-state index contributed by atoms with van der Waals surface area (Å²) >= 11 is 0. The van der Waals surface area contributed by atoms with Crippen molar-refractivity contribution in [3.8, 4) is 39.8 Å². The Morgan fingerprint density at radius 1 is 0.681 bits per heavy atom. The summed E-state index contributed by atoms with van der Waals surface area (Å²) in [4.78, 5) is 156. The predicted molar refractivity (Wildman–Crippen MR) is 495 cm³/mol. The second-order valence-electron chi connectivity index (χ2n) is 34.4. The van der Waals surface area contributed by atoms with E-state index in [9.17, 15) is 68.1 Å². The Kier molecular flexibility index (Phi) is 39.0. The van der Waals surface area contributed by atoms with Crippen molar-refractivity contribution in [1.82, 2.24) is 61.6 Å². The van der Waals surface area contributed by atoms with Gasteiger partial charge in [-0.1, -0.05) is 85.8 Å². The Morgan fingerprint density at radius 2 is 1.31 bits per heavy atom. The average molecular weight is 1930 g/mol. The highest BCUT2D eigenvalue weighted by atomic mass is 16.7. The van der Waals surface area contributed by atoms with Crippen LogP contribution in [0, 0.1) is 5.92 Å². The van der Waals surface area contributed by atoms with Gasteiger partial charge in [0.25, 0.3) is 0 Å². The number of rotatable bonds is 52. The minimum Gasteiger partial charge on any atom is -0.507 e. The van der Waals surface area contributed by atoms with Gasteiger partial charge in [-0.3, -0.25) is 48.6 Å². The Balaban J connectivity index is 0.518. The Labute approximate surface area is 798 Å². The lowest BCUT2D eigenvalue weighted by Gasteiger charge is -2.44. The number of phenolic OH excluding ortho intramolecular Hbond substituents is 2. The number of urea groups is 1. The van der Waals surface area contributed by atoms with Crippen molar-refractivity contribution in [2.24, 2.45) is 11.7 Å². The van der Waals surface area contributed by atoms with Gasteiger partial charge in [-0.2, -0.15) is 0 Å². The molecule has 0 bridgehead atoms. The van der Waals surface area contributed by atoms with Crippen molar-refractivity contribution >= 4 is 76.5 Å². The molecule has 1 aromatic heterocycles. The van der Waals surface area contributed by atoms with E-state index in [4.69, 9.17) is 72.0 Å². The summed E-state index contributed by atoms with van der Waals surface area (Å²) in [5, 5.41) is 66.1. The van der Waals surface area contributed by atoms with Gasteiger partial charge in [0.2, 0.25) is 41.1 Å². The van der Waals surface area contributed by atoms with E-state index in [1.807, 2.05) is 67.2 Å². The number of Topliss-reactive ketones (excluding diaryl/α,β-unsaturated/α-hetero) is 1. The van der Waals surface area contributed by atoms with Gasteiger partial charge in [0.15, 0.2) is 24.9 Å². The largest absolute Gasteiger partial charge is 0.507 e. The van der Waals surface area contributed by atoms with Crippen molar-refractivity contribution in [2.75, 3.05) is 191 Å². The fourth-order valence-corrected chi connectivity index (χ4v) is 17.2. The molecule has 1 unspecified atom stereocenters. The SMILES string of the molecule is CNCCOCCOCCOCCn1nnc2c1-c1ccccc1CN(C(=O)CCNC(=O)CCOCCOCCOCCOCCC(=O)N[C@H](C(=O)N[C@@H](CCCNC(N)=O)C(=O)Nc1ccc(COC(=O)N(C)CCN(C)C(=O)OCC(=O)[C@]3(O)Cc4c(O)c5c(c(O)c4[C@@H](OC4C[C@H]6[C@H](O[C@@H]7[C@@H](OC)OCCN76)[C@H](C)N4)C3)C(=O)c3c(OC)cccc3C5=O)cc1)C(C)C)c1ccccc1-2. The average Bonchev–Trinajstić information content (AvgIpc) is 0.979. The normalized spacial score (nSPS) is 19.4. The highest BCUT2D eigenvalue weighted by Gasteiger charge is 2.55. The number of methoxy groups -OCH3 is 2. The number of carbonyl (C=O) groups is 11. The summed E-state index contributed by atoms with van der Waals surface area (Å²) in [6.45, 7) is 10.8. The summed E-state index contributed by atoms with van der Waals surface area (Å²) < 4.78 is 82.3. The number of benzene rings is 5. The lowest BCUT2D eigenvalue weighted by atomic mass is 9.72. The standard InChI is InChI=1S/C95H127N15O28/c1-57(2)80(103-73(113)28-37-128-42-46-132-50-49-131-45-41-127-36-27-72(112)98-30-26-75(114)109-54-60-15-9-10-16-62(60)82-81(63-17-11-12-20-67(63)109)104-105-110(82)35-39-130-44-48-133-47-43-129-38-31-97-4)89(120)102-66(19-14-29-99-92(96)121)88(119)101-61-24-22-59(23-25-61)55-135-93(122)106(5)32-33-107(6)94(123)136-56-71(111)95(124)52-65-77(86(118)79-78(84(65)116)83(115)64-18-13-21-69(125-7)76(64)85(79)117)70(53-95)137-74-51-68-87(58(3)100-74)138-90-91(126-8)134-40-34-108(68)90/h9-13,15-18,20-25,57-58,66,68,70,74,80,87,90-91,97,100,116,118,124H,14,19,26-56H2,1-8H3,(H,98,112)(H,101,119)(H,102,120)(H,103,113)(H3,96,99,121)/t58-,66-,68-,70-,74?,80-,87+,90+,91-,95-/m0/s1. The number of carbonyl (C=O) groups excluding carboxylic acids is 11. The first kappa shape index (κ1) is 105. The molecule has 3 fully saturated rings. The van der Waals surface area contributed by atoms with Crippen LogP contribution in [-0.4, -0.2) is 345 Å². The molecule has 0 saturated carbocycles. The Hall–Kier alpha value is -11.8. The zero-order valence-corrected chi connectivity index (χ0v) is 79.0. The van der Waals surface area contributed by atoms with Crippen molar-refractivity contribution < 1.29 is 134 Å². The number of fused-ring (bicyclic) bond motifs is 11. The molecular formula is C95H127N15O28. The van der Waals surface area contributed by atoms with E-state index in [1.165, 1.54) is 51.4 Å². The maximum Gasteiger partial charge on any atom is 0.409 e. The number of para-hydroxylation sites is 1. The van der Waals surface area contributed by atoms with Crippen LogP contribution in [-0.2, 0) is 116 Å². The van der Waals surface area contributed by atoms with Crippen LogP contribution in [0.15, 0.2) is 91.0 Å². The number of ketones is 3. The number of nitrogens with two attached hydrogens (primary N) is 1.